The topological polar surface area (TPSA) is 123 Å². The quantitative estimate of drug-likeness (QED) is 0.769. The summed E-state index contributed by atoms with van der Waals surface area (Å²) in [5.74, 6) is 0. The minimum absolute atomic E-state index is 0.530. The van der Waals surface area contributed by atoms with Gasteiger partial charge in [-0.15, -0.1) is 0 Å². The number of halogens is 2. The SMILES string of the molecule is N#Cc1ncc(N)c(C(F)F)c1S(N)(=O)=O. The van der Waals surface area contributed by atoms with Gasteiger partial charge in [0, 0.05) is 0 Å². The minimum Gasteiger partial charge on any atom is -0.397 e. The van der Waals surface area contributed by atoms with E-state index in [9.17, 15) is 17.2 Å². The molecule has 0 saturated heterocycles. The van der Waals surface area contributed by atoms with Crippen LogP contribution >= 0.6 is 0 Å². The molecule has 86 valence electrons. The number of sulfonamides is 1. The average Bonchev–Trinajstić information content (AvgIpc) is 2.15. The number of primary sulfonamides is 1. The molecule has 0 bridgehead atoms. The number of nitrogens with two attached hydrogens (primary N) is 2. The number of nitriles is 1. The highest BCUT2D eigenvalue weighted by Gasteiger charge is 2.27. The Kier molecular flexibility index (Phi) is 3.06. The lowest BCUT2D eigenvalue weighted by Gasteiger charge is -2.10. The predicted molar refractivity (Wildman–Crippen MR) is 49.7 cm³/mol. The Morgan fingerprint density at radius 1 is 1.50 bits per heavy atom. The van der Waals surface area contributed by atoms with Gasteiger partial charge in [-0.25, -0.2) is 27.3 Å². The highest BCUT2D eigenvalue weighted by Crippen LogP contribution is 2.31. The van der Waals surface area contributed by atoms with E-state index in [1.54, 1.807) is 0 Å². The van der Waals surface area contributed by atoms with E-state index < -0.39 is 38.3 Å². The fourth-order valence-electron chi connectivity index (χ4n) is 1.11. The molecule has 0 aromatic carbocycles. The van der Waals surface area contributed by atoms with Gasteiger partial charge in [-0.05, 0) is 0 Å². The Bertz CT molecular complexity index is 564. The third-order valence-electron chi connectivity index (χ3n) is 1.71. The predicted octanol–water partition coefficient (Wildman–Crippen LogP) is 0.120. The minimum atomic E-state index is -4.49. The second-order valence-electron chi connectivity index (χ2n) is 2.76. The number of rotatable bonds is 2. The largest absolute Gasteiger partial charge is 0.397 e. The van der Waals surface area contributed by atoms with Crippen molar-refractivity contribution in [3.05, 3.63) is 17.5 Å². The molecular weight excluding hydrogens is 242 g/mol. The van der Waals surface area contributed by atoms with E-state index in [0.717, 1.165) is 6.20 Å². The molecule has 1 aromatic rings. The number of hydrogen-bond donors (Lipinski definition) is 2. The smallest absolute Gasteiger partial charge is 0.267 e. The first-order valence-electron chi connectivity index (χ1n) is 3.78. The van der Waals surface area contributed by atoms with Crippen molar-refractivity contribution in [3.8, 4) is 6.07 Å². The van der Waals surface area contributed by atoms with E-state index in [-0.39, 0.29) is 0 Å². The molecule has 0 atom stereocenters. The summed E-state index contributed by atoms with van der Waals surface area (Å²) >= 11 is 0. The lowest BCUT2D eigenvalue weighted by molar-refractivity contribution is 0.148. The maximum absolute atomic E-state index is 12.6. The molecule has 4 N–H and O–H groups in total. The molecular formula is C7H6F2N4O2S. The molecule has 0 aliphatic rings. The molecule has 1 rings (SSSR count). The van der Waals surface area contributed by atoms with Gasteiger partial charge in [0.1, 0.15) is 11.0 Å². The van der Waals surface area contributed by atoms with E-state index in [0.29, 0.717) is 0 Å². The summed E-state index contributed by atoms with van der Waals surface area (Å²) in [4.78, 5) is 2.30. The van der Waals surface area contributed by atoms with Gasteiger partial charge in [0.05, 0.1) is 17.4 Å². The monoisotopic (exact) mass is 248 g/mol. The van der Waals surface area contributed by atoms with E-state index in [2.05, 4.69) is 4.98 Å². The molecule has 0 aliphatic carbocycles. The number of nitrogen functional groups attached to an aromatic ring is 1. The van der Waals surface area contributed by atoms with Crippen LogP contribution in [0.5, 0.6) is 0 Å². The standard InChI is InChI=1S/C7H6F2N4O2S/c8-7(9)5-3(11)2-13-4(1-10)6(5)16(12,14)15/h2,7H,11H2,(H2,12,14,15). The van der Waals surface area contributed by atoms with Crippen molar-refractivity contribution in [2.24, 2.45) is 5.14 Å². The fourth-order valence-corrected chi connectivity index (χ4v) is 1.99. The van der Waals surface area contributed by atoms with Crippen molar-refractivity contribution < 1.29 is 17.2 Å². The molecule has 0 aliphatic heterocycles. The summed E-state index contributed by atoms with van der Waals surface area (Å²) in [6.45, 7) is 0. The molecule has 0 saturated carbocycles. The van der Waals surface area contributed by atoms with Crippen LogP contribution in [0.25, 0.3) is 0 Å². The van der Waals surface area contributed by atoms with Crippen molar-refractivity contribution in [1.82, 2.24) is 4.98 Å². The zero-order chi connectivity index (χ0) is 12.5. The van der Waals surface area contributed by atoms with Gasteiger partial charge in [-0.2, -0.15) is 5.26 Å². The van der Waals surface area contributed by atoms with Crippen LogP contribution in [0.4, 0.5) is 14.5 Å². The highest BCUT2D eigenvalue weighted by molar-refractivity contribution is 7.89. The van der Waals surface area contributed by atoms with E-state index in [1.165, 1.54) is 6.07 Å². The average molecular weight is 248 g/mol. The summed E-state index contributed by atoms with van der Waals surface area (Å²) in [5, 5.41) is 13.3. The Balaban J connectivity index is 3.79. The van der Waals surface area contributed by atoms with E-state index in [4.69, 9.17) is 16.1 Å². The van der Waals surface area contributed by atoms with Crippen LogP contribution in [0.3, 0.4) is 0 Å². The lowest BCUT2D eigenvalue weighted by atomic mass is 10.2. The highest BCUT2D eigenvalue weighted by atomic mass is 32.2. The summed E-state index contributed by atoms with van der Waals surface area (Å²) < 4.78 is 47.4. The number of hydrogen-bond acceptors (Lipinski definition) is 5. The van der Waals surface area contributed by atoms with Crippen LogP contribution in [0.15, 0.2) is 11.1 Å². The second-order valence-corrected chi connectivity index (χ2v) is 4.26. The number of alkyl halides is 2. The van der Waals surface area contributed by atoms with Crippen LogP contribution in [0.1, 0.15) is 17.7 Å². The van der Waals surface area contributed by atoms with Crippen LogP contribution in [-0.2, 0) is 10.0 Å². The van der Waals surface area contributed by atoms with Crippen molar-refractivity contribution in [3.63, 3.8) is 0 Å². The van der Waals surface area contributed by atoms with E-state index in [1.807, 2.05) is 0 Å². The van der Waals surface area contributed by atoms with Gasteiger partial charge in [0.15, 0.2) is 5.69 Å². The molecule has 0 unspecified atom stereocenters. The van der Waals surface area contributed by atoms with E-state index >= 15 is 0 Å². The van der Waals surface area contributed by atoms with Crippen LogP contribution in [-0.4, -0.2) is 13.4 Å². The van der Waals surface area contributed by atoms with Gasteiger partial charge in [0.2, 0.25) is 10.0 Å². The number of anilines is 1. The Labute approximate surface area is 89.5 Å². The first-order chi connectivity index (χ1) is 7.29. The van der Waals surface area contributed by atoms with Crippen LogP contribution < -0.4 is 10.9 Å². The summed E-state index contributed by atoms with van der Waals surface area (Å²) in [6, 6.07) is 1.37. The zero-order valence-corrected chi connectivity index (χ0v) is 8.50. The van der Waals surface area contributed by atoms with Crippen molar-refractivity contribution in [1.29, 1.82) is 5.26 Å². The zero-order valence-electron chi connectivity index (χ0n) is 7.68. The molecule has 0 fully saturated rings. The van der Waals surface area contributed by atoms with Crippen molar-refractivity contribution in [2.75, 3.05) is 5.73 Å². The second kappa shape index (κ2) is 3.99. The first-order valence-corrected chi connectivity index (χ1v) is 5.33. The normalized spacial score (nSPS) is 11.4. The summed E-state index contributed by atoms with van der Waals surface area (Å²) in [7, 11) is -4.49. The molecule has 1 aromatic heterocycles. The number of pyridine rings is 1. The van der Waals surface area contributed by atoms with Crippen LogP contribution in [0.2, 0.25) is 0 Å². The Morgan fingerprint density at radius 3 is 2.44 bits per heavy atom. The molecule has 9 heteroatoms. The molecule has 0 radical (unpaired) electrons. The third-order valence-corrected chi connectivity index (χ3v) is 2.69. The maximum Gasteiger partial charge on any atom is 0.267 e. The van der Waals surface area contributed by atoms with Gasteiger partial charge in [0.25, 0.3) is 6.43 Å². The Hall–Kier alpha value is -1.79. The van der Waals surface area contributed by atoms with Crippen molar-refractivity contribution in [2.45, 2.75) is 11.3 Å². The summed E-state index contributed by atoms with van der Waals surface area (Å²) in [5.41, 5.74) is 2.95. The Morgan fingerprint density at radius 2 is 2.06 bits per heavy atom. The van der Waals surface area contributed by atoms with Gasteiger partial charge >= 0.3 is 0 Å². The maximum atomic E-state index is 12.6. The van der Waals surface area contributed by atoms with Crippen LogP contribution in [0, 0.1) is 11.3 Å². The van der Waals surface area contributed by atoms with Gasteiger partial charge in [-0.3, -0.25) is 0 Å². The molecule has 0 amide bonds. The third kappa shape index (κ3) is 2.07. The summed E-state index contributed by atoms with van der Waals surface area (Å²) in [6.07, 6.45) is -2.38. The van der Waals surface area contributed by atoms with Crippen molar-refractivity contribution >= 4 is 15.7 Å². The first kappa shape index (κ1) is 12.3. The number of nitrogens with zero attached hydrogens (tertiary/aromatic N) is 2. The molecule has 6 nitrogen and oxygen atoms in total. The molecule has 16 heavy (non-hydrogen) atoms. The van der Waals surface area contributed by atoms with Gasteiger partial charge in [-0.1, -0.05) is 0 Å². The molecule has 0 spiro atoms. The lowest BCUT2D eigenvalue weighted by Crippen LogP contribution is -2.18. The number of aromatic nitrogens is 1. The fraction of sp³-hybridized carbons (Fsp3) is 0.143. The molecule has 1 heterocycles. The van der Waals surface area contributed by atoms with Gasteiger partial charge < -0.3 is 5.73 Å².